The van der Waals surface area contributed by atoms with Gasteiger partial charge in [0.1, 0.15) is 0 Å². The molecule has 0 heterocycles. The zero-order chi connectivity index (χ0) is 13.0. The first-order valence-electron chi connectivity index (χ1n) is 6.19. The second-order valence-corrected chi connectivity index (χ2v) is 4.49. The minimum atomic E-state index is -0.347. The highest BCUT2D eigenvalue weighted by atomic mass is 19.1. The molecule has 0 saturated carbocycles. The van der Waals surface area contributed by atoms with E-state index in [4.69, 9.17) is 10.5 Å². The molecule has 0 fully saturated rings. The Kier molecular flexibility index (Phi) is 4.33. The Morgan fingerprint density at radius 2 is 2.17 bits per heavy atom. The molecule has 1 unspecified atom stereocenters. The fraction of sp³-hybridized carbons (Fsp3) is 0.429. The molecule has 0 spiro atoms. The van der Waals surface area contributed by atoms with Crippen LogP contribution in [0.5, 0.6) is 5.75 Å². The van der Waals surface area contributed by atoms with Crippen LogP contribution in [0.4, 0.5) is 4.39 Å². The van der Waals surface area contributed by atoms with Crippen LogP contribution in [-0.2, 0) is 0 Å². The molecule has 0 amide bonds. The summed E-state index contributed by atoms with van der Waals surface area (Å²) >= 11 is 0. The third-order valence-corrected chi connectivity index (χ3v) is 3.26. The van der Waals surface area contributed by atoms with E-state index < -0.39 is 0 Å². The van der Waals surface area contributed by atoms with E-state index in [1.165, 1.54) is 13.2 Å². The van der Waals surface area contributed by atoms with Gasteiger partial charge in [0.25, 0.3) is 0 Å². The molecule has 0 aliphatic heterocycles. The third kappa shape index (κ3) is 2.89. The first-order chi connectivity index (χ1) is 8.74. The fourth-order valence-corrected chi connectivity index (χ4v) is 2.24. The molecule has 0 aromatic heterocycles. The van der Waals surface area contributed by atoms with Crippen molar-refractivity contribution in [1.29, 1.82) is 0 Å². The van der Waals surface area contributed by atoms with Gasteiger partial charge in [0.15, 0.2) is 11.6 Å². The van der Waals surface area contributed by atoms with Crippen LogP contribution >= 0.6 is 0 Å². The van der Waals surface area contributed by atoms with Gasteiger partial charge in [-0.15, -0.1) is 0 Å². The molecule has 1 aromatic rings. The maximum absolute atomic E-state index is 13.7. The predicted octanol–water partition coefficient (Wildman–Crippen LogP) is 2.14. The number of halogens is 1. The van der Waals surface area contributed by atoms with Crippen molar-refractivity contribution < 1.29 is 9.13 Å². The molecule has 2 rings (SSSR count). The largest absolute Gasteiger partial charge is 0.494 e. The van der Waals surface area contributed by atoms with E-state index >= 15 is 0 Å². The highest BCUT2D eigenvalue weighted by Gasteiger charge is 2.17. The maximum Gasteiger partial charge on any atom is 0.165 e. The van der Waals surface area contributed by atoms with E-state index in [-0.39, 0.29) is 17.6 Å². The molecule has 98 valence electrons. The Morgan fingerprint density at radius 1 is 1.44 bits per heavy atom. The van der Waals surface area contributed by atoms with Crippen LogP contribution in [0, 0.1) is 5.82 Å². The topological polar surface area (TPSA) is 47.3 Å². The molecule has 3 N–H and O–H groups in total. The number of ether oxygens (including phenoxy) is 1. The van der Waals surface area contributed by atoms with Crippen molar-refractivity contribution in [2.75, 3.05) is 13.7 Å². The summed E-state index contributed by atoms with van der Waals surface area (Å²) in [6.07, 6.45) is 6.32. The first-order valence-corrected chi connectivity index (χ1v) is 6.19. The van der Waals surface area contributed by atoms with Crippen molar-refractivity contribution in [3.05, 3.63) is 41.7 Å². The zero-order valence-corrected chi connectivity index (χ0v) is 10.5. The summed E-state index contributed by atoms with van der Waals surface area (Å²) in [4.78, 5) is 0. The number of methoxy groups -OCH3 is 1. The molecule has 1 aliphatic rings. The second kappa shape index (κ2) is 5.98. The normalized spacial score (nSPS) is 17.1. The van der Waals surface area contributed by atoms with E-state index in [0.717, 1.165) is 18.4 Å². The predicted molar refractivity (Wildman–Crippen MR) is 70.0 cm³/mol. The van der Waals surface area contributed by atoms with Crippen molar-refractivity contribution in [3.63, 3.8) is 0 Å². The molecule has 1 aliphatic carbocycles. The van der Waals surface area contributed by atoms with Gasteiger partial charge in [0, 0.05) is 18.6 Å². The molecule has 0 bridgehead atoms. The summed E-state index contributed by atoms with van der Waals surface area (Å²) in [6, 6.07) is 5.38. The van der Waals surface area contributed by atoms with Gasteiger partial charge in [0.2, 0.25) is 0 Å². The van der Waals surface area contributed by atoms with Gasteiger partial charge in [0.05, 0.1) is 7.11 Å². The number of benzene rings is 1. The van der Waals surface area contributed by atoms with E-state index in [1.54, 1.807) is 6.07 Å². The molecule has 4 heteroatoms. The number of nitrogens with two attached hydrogens (primary N) is 1. The van der Waals surface area contributed by atoms with Crippen LogP contribution in [0.2, 0.25) is 0 Å². The van der Waals surface area contributed by atoms with Crippen LogP contribution in [0.1, 0.15) is 24.4 Å². The molecule has 0 saturated heterocycles. The third-order valence-electron chi connectivity index (χ3n) is 3.26. The molecule has 1 atom stereocenters. The van der Waals surface area contributed by atoms with Gasteiger partial charge in [-0.05, 0) is 30.5 Å². The average Bonchev–Trinajstić information content (AvgIpc) is 2.88. The monoisotopic (exact) mass is 250 g/mol. The standard InChI is InChI=1S/C14H19FN2O/c1-18-14-7-6-10(8-12(14)15)13(9-16)17-11-4-2-3-5-11/h2-3,6-8,11,13,17H,4-5,9,16H2,1H3. The van der Waals surface area contributed by atoms with Gasteiger partial charge in [-0.25, -0.2) is 4.39 Å². The highest BCUT2D eigenvalue weighted by molar-refractivity contribution is 5.31. The van der Waals surface area contributed by atoms with Gasteiger partial charge in [-0.3, -0.25) is 0 Å². The van der Waals surface area contributed by atoms with Crippen molar-refractivity contribution in [3.8, 4) is 5.75 Å². The number of hydrogen-bond donors (Lipinski definition) is 2. The van der Waals surface area contributed by atoms with Crippen molar-refractivity contribution >= 4 is 0 Å². The van der Waals surface area contributed by atoms with Crippen molar-refractivity contribution in [1.82, 2.24) is 5.32 Å². The molecular weight excluding hydrogens is 231 g/mol. The molecule has 18 heavy (non-hydrogen) atoms. The lowest BCUT2D eigenvalue weighted by atomic mass is 10.0. The molecule has 3 nitrogen and oxygen atoms in total. The molecule has 1 aromatic carbocycles. The Balaban J connectivity index is 2.09. The average molecular weight is 250 g/mol. The van der Waals surface area contributed by atoms with E-state index in [2.05, 4.69) is 17.5 Å². The Hall–Kier alpha value is -1.39. The lowest BCUT2D eigenvalue weighted by Crippen LogP contribution is -2.35. The highest BCUT2D eigenvalue weighted by Crippen LogP contribution is 2.23. The van der Waals surface area contributed by atoms with E-state index in [9.17, 15) is 4.39 Å². The Bertz CT molecular complexity index is 426. The van der Waals surface area contributed by atoms with Crippen LogP contribution in [-0.4, -0.2) is 19.7 Å². The molecule has 0 radical (unpaired) electrons. The van der Waals surface area contributed by atoms with Crippen molar-refractivity contribution in [2.45, 2.75) is 24.9 Å². The SMILES string of the molecule is COc1ccc(C(CN)NC2CC=CC2)cc1F. The summed E-state index contributed by atoms with van der Waals surface area (Å²) in [5.41, 5.74) is 6.63. The van der Waals surface area contributed by atoms with Crippen LogP contribution in [0.25, 0.3) is 0 Å². The summed E-state index contributed by atoms with van der Waals surface area (Å²) in [6.45, 7) is 0.447. The summed E-state index contributed by atoms with van der Waals surface area (Å²) in [5.74, 6) is -0.0862. The Morgan fingerprint density at radius 3 is 2.72 bits per heavy atom. The van der Waals surface area contributed by atoms with Gasteiger partial charge in [-0.1, -0.05) is 18.2 Å². The van der Waals surface area contributed by atoms with Gasteiger partial charge < -0.3 is 15.8 Å². The smallest absolute Gasteiger partial charge is 0.165 e. The molecular formula is C14H19FN2O. The second-order valence-electron chi connectivity index (χ2n) is 4.49. The number of rotatable bonds is 5. The van der Waals surface area contributed by atoms with Crippen LogP contribution < -0.4 is 15.8 Å². The quantitative estimate of drug-likeness (QED) is 0.787. The van der Waals surface area contributed by atoms with Gasteiger partial charge in [-0.2, -0.15) is 0 Å². The summed E-state index contributed by atoms with van der Waals surface area (Å²) in [7, 11) is 1.46. The van der Waals surface area contributed by atoms with Crippen molar-refractivity contribution in [2.24, 2.45) is 5.73 Å². The van der Waals surface area contributed by atoms with E-state index in [1.807, 2.05) is 6.07 Å². The fourth-order valence-electron chi connectivity index (χ4n) is 2.24. The van der Waals surface area contributed by atoms with Crippen LogP contribution in [0.3, 0.4) is 0 Å². The minimum Gasteiger partial charge on any atom is -0.494 e. The Labute approximate surface area is 107 Å². The number of nitrogens with one attached hydrogen (secondary N) is 1. The number of hydrogen-bond acceptors (Lipinski definition) is 3. The van der Waals surface area contributed by atoms with Gasteiger partial charge >= 0.3 is 0 Å². The maximum atomic E-state index is 13.7. The zero-order valence-electron chi connectivity index (χ0n) is 10.5. The lowest BCUT2D eigenvalue weighted by Gasteiger charge is -2.22. The summed E-state index contributed by atoms with van der Waals surface area (Å²) < 4.78 is 18.6. The lowest BCUT2D eigenvalue weighted by molar-refractivity contribution is 0.384. The van der Waals surface area contributed by atoms with E-state index in [0.29, 0.717) is 12.6 Å². The minimum absolute atomic E-state index is 0.0182. The summed E-state index contributed by atoms with van der Waals surface area (Å²) in [5, 5.41) is 3.45. The first kappa shape index (κ1) is 13.1. The van der Waals surface area contributed by atoms with Crippen LogP contribution in [0.15, 0.2) is 30.4 Å².